The van der Waals surface area contributed by atoms with Gasteiger partial charge in [0, 0.05) is 45.1 Å². The molecular formula is C64H116O13Si4. The molecule has 8 bridgehead atoms. The molecule has 0 amide bonds. The van der Waals surface area contributed by atoms with E-state index in [1.54, 1.807) is 13.2 Å². The smallest absolute Gasteiger partial charge is 0.193 e. The molecule has 8 aliphatic rings. The second kappa shape index (κ2) is 26.4. The molecule has 81 heavy (non-hydrogen) atoms. The molecule has 466 valence electrons. The highest BCUT2D eigenvalue weighted by molar-refractivity contribution is 6.75. The van der Waals surface area contributed by atoms with Gasteiger partial charge in [-0.25, -0.2) is 0 Å². The number of fused-ring (bicyclic) bond motifs is 2. The van der Waals surface area contributed by atoms with Gasteiger partial charge in [-0.3, -0.25) is 9.59 Å². The van der Waals surface area contributed by atoms with Crippen molar-refractivity contribution in [3.8, 4) is 0 Å². The first-order valence-corrected chi connectivity index (χ1v) is 42.9. The Kier molecular flexibility index (Phi) is 22.5. The predicted octanol–water partition coefficient (Wildman–Crippen LogP) is 14.1. The summed E-state index contributed by atoms with van der Waals surface area (Å²) < 4.78 is 70.4. The summed E-state index contributed by atoms with van der Waals surface area (Å²) in [5.74, 6) is -0.0473. The first kappa shape index (κ1) is 69.1. The Labute approximate surface area is 496 Å². The molecule has 0 aliphatic carbocycles. The van der Waals surface area contributed by atoms with Crippen molar-refractivity contribution in [2.45, 2.75) is 331 Å². The average Bonchev–Trinajstić information content (AvgIpc) is 3.87. The highest BCUT2D eigenvalue weighted by Crippen LogP contribution is 2.47. The lowest BCUT2D eigenvalue weighted by molar-refractivity contribution is -0.269. The van der Waals surface area contributed by atoms with Crippen LogP contribution in [0.2, 0.25) is 72.5 Å². The third-order valence-corrected chi connectivity index (χ3v) is 39.3. The first-order valence-electron chi connectivity index (χ1n) is 31.3. The topological polar surface area (TPSA) is 147 Å². The molecule has 0 aromatic heterocycles. The maximum atomic E-state index is 15.0. The molecule has 5 saturated heterocycles. The Hall–Kier alpha value is -1.01. The predicted molar refractivity (Wildman–Crippen MR) is 335 cm³/mol. The fourth-order valence-corrected chi connectivity index (χ4v) is 16.8. The van der Waals surface area contributed by atoms with Gasteiger partial charge < -0.3 is 51.2 Å². The number of carbonyl (C=O) groups is 2. The third-order valence-electron chi connectivity index (χ3n) is 21.3. The van der Waals surface area contributed by atoms with E-state index >= 15 is 0 Å². The van der Waals surface area contributed by atoms with Crippen LogP contribution >= 0.6 is 0 Å². The fraction of sp³-hybridized carbons (Fsp3) is 0.875. The molecule has 8 aliphatic heterocycles. The van der Waals surface area contributed by atoms with E-state index in [9.17, 15) is 14.7 Å². The lowest BCUT2D eigenvalue weighted by Crippen LogP contribution is -2.67. The minimum atomic E-state index is -2.58. The average molecular weight is 1210 g/mol. The van der Waals surface area contributed by atoms with Crippen molar-refractivity contribution in [2.24, 2.45) is 11.8 Å². The molecule has 17 atom stereocenters. The Morgan fingerprint density at radius 2 is 1.21 bits per heavy atom. The van der Waals surface area contributed by atoms with Crippen molar-refractivity contribution in [3.63, 3.8) is 0 Å². The number of rotatable bonds is 12. The van der Waals surface area contributed by atoms with Crippen molar-refractivity contribution >= 4 is 44.8 Å². The molecule has 17 heteroatoms. The number of aliphatic hydroxyl groups is 1. The number of hydrogen-bond acceptors (Lipinski definition) is 13. The molecule has 0 aromatic rings. The lowest BCUT2D eigenvalue weighted by atomic mass is 9.81. The summed E-state index contributed by atoms with van der Waals surface area (Å²) in [4.78, 5) is 28.9. The highest BCUT2D eigenvalue weighted by atomic mass is 28.4. The molecule has 8 unspecified atom stereocenters. The van der Waals surface area contributed by atoms with Crippen molar-refractivity contribution in [1.29, 1.82) is 0 Å². The Morgan fingerprint density at radius 3 is 1.81 bits per heavy atom. The molecule has 8 heterocycles. The number of methoxy groups -OCH3 is 1. The summed E-state index contributed by atoms with van der Waals surface area (Å²) in [5, 5.41) is 12.5. The van der Waals surface area contributed by atoms with Gasteiger partial charge >= 0.3 is 0 Å². The molecule has 5 fully saturated rings. The monoisotopic (exact) mass is 1200 g/mol. The van der Waals surface area contributed by atoms with Gasteiger partial charge in [0.2, 0.25) is 0 Å². The van der Waals surface area contributed by atoms with Crippen molar-refractivity contribution in [3.05, 3.63) is 36.5 Å². The minimum Gasteiger partial charge on any atom is -0.414 e. The van der Waals surface area contributed by atoms with Crippen LogP contribution in [-0.2, 0) is 55.7 Å². The van der Waals surface area contributed by atoms with Crippen molar-refractivity contribution < 1.29 is 60.8 Å². The number of Topliss-reactive ketones (excluding diaryl/α,β-unsaturated/α-hetero) is 1. The van der Waals surface area contributed by atoms with E-state index in [-0.39, 0.29) is 99.1 Å². The van der Waals surface area contributed by atoms with Crippen LogP contribution < -0.4 is 0 Å². The standard InChI is InChI=1S/C64H116O13Si4/c1-40-33-46-28-31-50-41(2)34-45(70-50)27-25-43(65)26-30-52(76-80(21,22)63(10,11)12)59-60(77-81(23,24)64(13,14)15)56(67)58-51(74-59)32-29-47(72-58)35-44(66)36-49-54(38-53(71-46)42(40)3)73-55(57(49)68-16)37-48(75-79(19,20)62(7,8)9)39-69-78(17,18)61(4,5)6/h26,30,40,45-60,67H,2-3,25,27-29,31-39H2,1,4-24H3/b30-26+/t40-,45+,46?,47?,48?,49+,50?,51+,52?,53?,54+,55?,56+,57-,58+,59+,60?/m1/s1. The van der Waals surface area contributed by atoms with E-state index in [0.717, 1.165) is 30.4 Å². The largest absolute Gasteiger partial charge is 0.414 e. The van der Waals surface area contributed by atoms with Crippen LogP contribution in [-0.4, -0.2) is 155 Å². The Bertz CT molecular complexity index is 2190. The van der Waals surface area contributed by atoms with E-state index in [2.05, 4.69) is 156 Å². The maximum absolute atomic E-state index is 15.0. The number of carbonyl (C=O) groups excluding carboxylic acids is 2. The van der Waals surface area contributed by atoms with E-state index in [0.29, 0.717) is 51.6 Å². The lowest BCUT2D eigenvalue weighted by Gasteiger charge is -2.53. The summed E-state index contributed by atoms with van der Waals surface area (Å²) >= 11 is 0. The summed E-state index contributed by atoms with van der Waals surface area (Å²) in [6.45, 7) is 56.5. The van der Waals surface area contributed by atoms with Gasteiger partial charge in [-0.15, -0.1) is 0 Å². The second-order valence-corrected chi connectivity index (χ2v) is 50.8. The Morgan fingerprint density at radius 1 is 0.630 bits per heavy atom. The second-order valence-electron chi connectivity index (χ2n) is 31.7. The number of ether oxygens (including phenoxy) is 6. The van der Waals surface area contributed by atoms with Crippen LogP contribution in [0.4, 0.5) is 0 Å². The fourth-order valence-electron chi connectivity index (χ4n) is 11.8. The zero-order valence-corrected chi connectivity index (χ0v) is 58.9. The van der Waals surface area contributed by atoms with Crippen molar-refractivity contribution in [1.82, 2.24) is 0 Å². The Balaban J connectivity index is 1.37. The number of hydrogen-bond donors (Lipinski definition) is 1. The van der Waals surface area contributed by atoms with Gasteiger partial charge in [0.15, 0.2) is 39.1 Å². The molecule has 13 nitrogen and oxygen atoms in total. The van der Waals surface area contributed by atoms with E-state index in [4.69, 9.17) is 46.1 Å². The quantitative estimate of drug-likeness (QED) is 0.146. The molecule has 0 saturated carbocycles. The third kappa shape index (κ3) is 17.0. The molecule has 0 spiro atoms. The van der Waals surface area contributed by atoms with Crippen LogP contribution in [0, 0.1) is 11.8 Å². The van der Waals surface area contributed by atoms with Gasteiger partial charge in [0.05, 0.1) is 73.8 Å². The minimum absolute atomic E-state index is 0.0177. The summed E-state index contributed by atoms with van der Waals surface area (Å²) in [6.07, 6.45) is 3.07. The number of ketones is 2. The number of allylic oxidation sites excluding steroid dienone is 1. The van der Waals surface area contributed by atoms with E-state index in [1.165, 1.54) is 0 Å². The molecule has 0 aromatic carbocycles. The van der Waals surface area contributed by atoms with Crippen LogP contribution in [0.3, 0.4) is 0 Å². The normalized spacial score (nSPS) is 36.0. The van der Waals surface area contributed by atoms with Gasteiger partial charge in [-0.05, 0) is 141 Å². The summed E-state index contributed by atoms with van der Waals surface area (Å²) in [6, 6.07) is 0. The summed E-state index contributed by atoms with van der Waals surface area (Å²) in [5.41, 5.74) is 2.10. The van der Waals surface area contributed by atoms with E-state index < -0.39 is 82.1 Å². The highest BCUT2D eigenvalue weighted by Gasteiger charge is 2.56. The van der Waals surface area contributed by atoms with Crippen LogP contribution in [0.1, 0.15) is 167 Å². The SMILES string of the molecule is C=C1C[C@@H]2CCC(=O)/C=C/C(O[Si](C)(C)C(C)(C)C)[C@@H]3O[C@H]4CCC(CC(=O)C[C@H]5[C@H](CC6OC(CCC1O2)C[C@@H](C)C6=C)OC(CC(CO[Si](C)(C)C(C)(C)C)O[Si](C)(C)C(C)(C)C)[C@@H]5OC)O[C@@H]4[C@H](O)C3O[Si](C)(C)C(C)(C)C. The zero-order chi connectivity index (χ0) is 60.8. The van der Waals surface area contributed by atoms with Crippen LogP contribution in [0.5, 0.6) is 0 Å². The van der Waals surface area contributed by atoms with Crippen LogP contribution in [0.25, 0.3) is 0 Å². The molecular weight excluding hydrogens is 1090 g/mol. The molecule has 0 radical (unpaired) electrons. The van der Waals surface area contributed by atoms with Crippen molar-refractivity contribution in [2.75, 3.05) is 13.7 Å². The number of aliphatic hydroxyl groups excluding tert-OH is 1. The van der Waals surface area contributed by atoms with Gasteiger partial charge in [0.25, 0.3) is 0 Å². The first-order chi connectivity index (χ1) is 37.0. The van der Waals surface area contributed by atoms with Gasteiger partial charge in [-0.1, -0.05) is 109 Å². The molecule has 8 rings (SSSR count). The molecule has 1 N–H and O–H groups in total. The van der Waals surface area contributed by atoms with Crippen LogP contribution in [0.15, 0.2) is 36.5 Å². The summed E-state index contributed by atoms with van der Waals surface area (Å²) in [7, 11) is -7.79. The maximum Gasteiger partial charge on any atom is 0.193 e. The van der Waals surface area contributed by atoms with E-state index in [1.807, 2.05) is 6.08 Å². The van der Waals surface area contributed by atoms with Gasteiger partial charge in [0.1, 0.15) is 30.2 Å². The van der Waals surface area contributed by atoms with Gasteiger partial charge in [-0.2, -0.15) is 0 Å². The zero-order valence-electron chi connectivity index (χ0n) is 54.9.